The van der Waals surface area contributed by atoms with E-state index < -0.39 is 12.0 Å². The van der Waals surface area contributed by atoms with Crippen molar-refractivity contribution in [3.63, 3.8) is 0 Å². The summed E-state index contributed by atoms with van der Waals surface area (Å²) in [6.07, 6.45) is -0.799. The third kappa shape index (κ3) is 4.13. The van der Waals surface area contributed by atoms with Crippen LogP contribution in [0.15, 0.2) is 48.5 Å². The van der Waals surface area contributed by atoms with Gasteiger partial charge in [0.25, 0.3) is 5.91 Å². The minimum absolute atomic E-state index is 0.235. The van der Waals surface area contributed by atoms with Gasteiger partial charge >= 0.3 is 0 Å². The number of nitrogens with zero attached hydrogens (tertiary/aromatic N) is 1. The first kappa shape index (κ1) is 16.9. The topological polar surface area (TPSA) is 83.0 Å². The van der Waals surface area contributed by atoms with Gasteiger partial charge in [-0.2, -0.15) is 0 Å². The van der Waals surface area contributed by atoms with Crippen molar-refractivity contribution >= 4 is 5.91 Å². The van der Waals surface area contributed by atoms with Gasteiger partial charge in [0, 0.05) is 0 Å². The van der Waals surface area contributed by atoms with Crippen LogP contribution in [0.3, 0.4) is 0 Å². The molecule has 2 aromatic carbocycles. The van der Waals surface area contributed by atoms with Crippen LogP contribution >= 0.6 is 0 Å². The van der Waals surface area contributed by atoms with Gasteiger partial charge in [-0.05, 0) is 48.5 Å². The maximum atomic E-state index is 11.8. The SMILES string of the molecule is COc1ccc(O[C@H](C(N)=O)[C@H]2CN2Oc2ccc(OC)cc2)cc1. The van der Waals surface area contributed by atoms with Crippen LogP contribution in [-0.4, -0.2) is 43.9 Å². The number of hydroxylamine groups is 2. The van der Waals surface area contributed by atoms with Gasteiger partial charge in [0.1, 0.15) is 29.0 Å². The number of carbonyl (C=O) groups excluding carboxylic acids is 1. The largest absolute Gasteiger partial charge is 0.497 e. The van der Waals surface area contributed by atoms with E-state index in [0.29, 0.717) is 23.8 Å². The lowest BCUT2D eigenvalue weighted by Gasteiger charge is -2.16. The maximum Gasteiger partial charge on any atom is 0.260 e. The molecule has 2 N–H and O–H groups in total. The van der Waals surface area contributed by atoms with Crippen LogP contribution in [0.1, 0.15) is 0 Å². The van der Waals surface area contributed by atoms with E-state index >= 15 is 0 Å². The number of primary amides is 1. The smallest absolute Gasteiger partial charge is 0.260 e. The zero-order chi connectivity index (χ0) is 17.8. The summed E-state index contributed by atoms with van der Waals surface area (Å²) in [5.74, 6) is 2.10. The second-order valence-electron chi connectivity index (χ2n) is 5.55. The molecule has 1 unspecified atom stereocenters. The third-order valence-corrected chi connectivity index (χ3v) is 3.84. The number of methoxy groups -OCH3 is 2. The minimum Gasteiger partial charge on any atom is -0.497 e. The Bertz CT molecular complexity index is 717. The van der Waals surface area contributed by atoms with E-state index in [2.05, 4.69) is 0 Å². The quantitative estimate of drug-likeness (QED) is 0.733. The molecule has 0 radical (unpaired) electrons. The Balaban J connectivity index is 1.60. The molecule has 0 aliphatic carbocycles. The predicted molar refractivity (Wildman–Crippen MR) is 90.7 cm³/mol. The van der Waals surface area contributed by atoms with E-state index in [4.69, 9.17) is 24.8 Å². The van der Waals surface area contributed by atoms with Gasteiger partial charge in [-0.25, -0.2) is 0 Å². The fourth-order valence-electron chi connectivity index (χ4n) is 2.39. The Morgan fingerprint density at radius 1 is 0.960 bits per heavy atom. The van der Waals surface area contributed by atoms with Crippen molar-refractivity contribution in [3.8, 4) is 23.0 Å². The van der Waals surface area contributed by atoms with Gasteiger partial charge in [-0.3, -0.25) is 4.79 Å². The fourth-order valence-corrected chi connectivity index (χ4v) is 2.39. The van der Waals surface area contributed by atoms with Crippen LogP contribution < -0.4 is 24.8 Å². The Morgan fingerprint density at radius 2 is 1.44 bits per heavy atom. The number of amides is 1. The summed E-state index contributed by atoms with van der Waals surface area (Å²) in [4.78, 5) is 17.5. The molecule has 1 heterocycles. The summed E-state index contributed by atoms with van der Waals surface area (Å²) in [6.45, 7) is 0.551. The van der Waals surface area contributed by atoms with Crippen LogP contribution in [0, 0.1) is 0 Å². The van der Waals surface area contributed by atoms with Crippen molar-refractivity contribution in [1.82, 2.24) is 5.06 Å². The second-order valence-corrected chi connectivity index (χ2v) is 5.55. The zero-order valence-electron chi connectivity index (χ0n) is 14.0. The highest BCUT2D eigenvalue weighted by molar-refractivity contribution is 5.80. The Hall–Kier alpha value is -2.93. The first-order valence-electron chi connectivity index (χ1n) is 7.79. The first-order chi connectivity index (χ1) is 12.1. The number of rotatable bonds is 8. The van der Waals surface area contributed by atoms with Crippen molar-refractivity contribution in [3.05, 3.63) is 48.5 Å². The molecule has 1 aliphatic rings. The van der Waals surface area contributed by atoms with Gasteiger partial charge in [-0.15, -0.1) is 5.06 Å². The first-order valence-corrected chi connectivity index (χ1v) is 7.79. The van der Waals surface area contributed by atoms with Gasteiger partial charge in [0.15, 0.2) is 6.10 Å². The monoisotopic (exact) mass is 344 g/mol. The lowest BCUT2D eigenvalue weighted by atomic mass is 10.2. The van der Waals surface area contributed by atoms with Crippen LogP contribution in [0.5, 0.6) is 23.0 Å². The number of nitrogens with two attached hydrogens (primary N) is 1. The molecular formula is C18H20N2O5. The van der Waals surface area contributed by atoms with E-state index in [9.17, 15) is 4.79 Å². The van der Waals surface area contributed by atoms with Gasteiger partial charge < -0.3 is 24.8 Å². The van der Waals surface area contributed by atoms with E-state index in [1.54, 1.807) is 67.8 Å². The highest BCUT2D eigenvalue weighted by Gasteiger charge is 2.47. The normalized spacial score (nSPS) is 19.6. The molecule has 25 heavy (non-hydrogen) atoms. The van der Waals surface area contributed by atoms with Crippen molar-refractivity contribution in [1.29, 1.82) is 0 Å². The second kappa shape index (κ2) is 7.31. The van der Waals surface area contributed by atoms with E-state index in [1.165, 1.54) is 0 Å². The number of hydrogen-bond donors (Lipinski definition) is 1. The molecule has 0 saturated carbocycles. The molecule has 7 heteroatoms. The summed E-state index contributed by atoms with van der Waals surface area (Å²) < 4.78 is 15.9. The molecule has 1 saturated heterocycles. The summed E-state index contributed by atoms with van der Waals surface area (Å²) in [5.41, 5.74) is 5.49. The number of hydrogen-bond acceptors (Lipinski definition) is 6. The highest BCUT2D eigenvalue weighted by atomic mass is 16.7. The van der Waals surface area contributed by atoms with Crippen molar-refractivity contribution in [2.45, 2.75) is 12.1 Å². The lowest BCUT2D eigenvalue weighted by Crippen LogP contribution is -2.40. The molecule has 3 atom stereocenters. The Morgan fingerprint density at radius 3 is 1.92 bits per heavy atom. The third-order valence-electron chi connectivity index (χ3n) is 3.84. The standard InChI is InChI=1S/C18H20N2O5/c1-22-12-3-7-14(8-4-12)24-17(18(19)21)16-11-20(16)25-15-9-5-13(23-2)6-10-15/h3-10,16-17H,11H2,1-2H3,(H2,19,21)/t16-,17+,20?/m1/s1. The average Bonchev–Trinajstić information content (AvgIpc) is 3.39. The fraction of sp³-hybridized carbons (Fsp3) is 0.278. The predicted octanol–water partition coefficient (Wildman–Crippen LogP) is 1.61. The summed E-state index contributed by atoms with van der Waals surface area (Å²) in [7, 11) is 3.19. The molecule has 132 valence electrons. The van der Waals surface area contributed by atoms with Crippen LogP contribution in [0.2, 0.25) is 0 Å². The molecule has 0 spiro atoms. The molecule has 1 aliphatic heterocycles. The van der Waals surface area contributed by atoms with E-state index in [-0.39, 0.29) is 6.04 Å². The molecule has 1 amide bonds. The summed E-state index contributed by atoms with van der Waals surface area (Å²) >= 11 is 0. The van der Waals surface area contributed by atoms with Gasteiger partial charge in [0.05, 0.1) is 20.8 Å². The van der Waals surface area contributed by atoms with Crippen LogP contribution in [0.4, 0.5) is 0 Å². The van der Waals surface area contributed by atoms with Crippen LogP contribution in [0.25, 0.3) is 0 Å². The molecule has 3 rings (SSSR count). The highest BCUT2D eigenvalue weighted by Crippen LogP contribution is 2.28. The maximum absolute atomic E-state index is 11.8. The van der Waals surface area contributed by atoms with Crippen molar-refractivity contribution in [2.24, 2.45) is 5.73 Å². The van der Waals surface area contributed by atoms with E-state index in [0.717, 1.165) is 5.75 Å². The Labute approximate surface area is 145 Å². The van der Waals surface area contributed by atoms with Crippen LogP contribution in [-0.2, 0) is 4.79 Å². The Kier molecular flexibility index (Phi) is 4.95. The van der Waals surface area contributed by atoms with Crippen molar-refractivity contribution < 1.29 is 23.8 Å². The number of ether oxygens (including phenoxy) is 3. The summed E-state index contributed by atoms with van der Waals surface area (Å²) in [5, 5.41) is 1.65. The van der Waals surface area contributed by atoms with Crippen molar-refractivity contribution in [2.75, 3.05) is 20.8 Å². The molecule has 7 nitrogen and oxygen atoms in total. The number of carbonyl (C=O) groups is 1. The molecule has 0 aromatic heterocycles. The average molecular weight is 344 g/mol. The lowest BCUT2D eigenvalue weighted by molar-refractivity contribution is -0.126. The van der Waals surface area contributed by atoms with E-state index in [1.807, 2.05) is 0 Å². The minimum atomic E-state index is -0.799. The van der Waals surface area contributed by atoms with Gasteiger partial charge in [-0.1, -0.05) is 0 Å². The number of benzene rings is 2. The van der Waals surface area contributed by atoms with Gasteiger partial charge in [0.2, 0.25) is 0 Å². The molecular weight excluding hydrogens is 324 g/mol. The molecule has 2 aromatic rings. The molecule has 1 fully saturated rings. The molecule has 0 bridgehead atoms. The summed E-state index contributed by atoms with van der Waals surface area (Å²) in [6, 6.07) is 13.9. The zero-order valence-corrected chi connectivity index (χ0v) is 14.0.